The Morgan fingerprint density at radius 2 is 2.17 bits per heavy atom. The molecular formula is C13H20N2O3. The summed E-state index contributed by atoms with van der Waals surface area (Å²) in [6.45, 7) is 3.92. The zero-order valence-corrected chi connectivity index (χ0v) is 10.9. The van der Waals surface area contributed by atoms with Crippen LogP contribution < -0.4 is 15.8 Å². The Labute approximate surface area is 107 Å². The SMILES string of the molecule is COc1ccc(NC(=O)CC(N)C(C)C)c(O)c1. The summed E-state index contributed by atoms with van der Waals surface area (Å²) in [4.78, 5) is 11.7. The van der Waals surface area contributed by atoms with E-state index in [1.165, 1.54) is 13.2 Å². The van der Waals surface area contributed by atoms with Crippen LogP contribution in [0.5, 0.6) is 11.5 Å². The lowest BCUT2D eigenvalue weighted by molar-refractivity contribution is -0.116. The molecule has 1 atom stereocenters. The first-order valence-corrected chi connectivity index (χ1v) is 5.86. The number of anilines is 1. The number of carbonyl (C=O) groups excluding carboxylic acids is 1. The second-order valence-corrected chi connectivity index (χ2v) is 4.54. The van der Waals surface area contributed by atoms with Gasteiger partial charge in [-0.05, 0) is 18.1 Å². The standard InChI is InChI=1S/C13H20N2O3/c1-8(2)10(14)7-13(17)15-11-5-4-9(18-3)6-12(11)16/h4-6,8,10,16H,7,14H2,1-3H3,(H,15,17). The van der Waals surface area contributed by atoms with E-state index < -0.39 is 0 Å². The molecule has 0 heterocycles. The third kappa shape index (κ3) is 3.92. The van der Waals surface area contributed by atoms with Gasteiger partial charge < -0.3 is 20.9 Å². The van der Waals surface area contributed by atoms with E-state index in [-0.39, 0.29) is 30.0 Å². The number of aromatic hydroxyl groups is 1. The minimum atomic E-state index is -0.211. The van der Waals surface area contributed by atoms with E-state index in [1.54, 1.807) is 12.1 Å². The zero-order chi connectivity index (χ0) is 13.7. The maximum Gasteiger partial charge on any atom is 0.226 e. The minimum absolute atomic E-state index is 0.0270. The highest BCUT2D eigenvalue weighted by molar-refractivity contribution is 5.92. The Hall–Kier alpha value is -1.75. The summed E-state index contributed by atoms with van der Waals surface area (Å²) < 4.78 is 4.96. The largest absolute Gasteiger partial charge is 0.506 e. The van der Waals surface area contributed by atoms with Gasteiger partial charge in [-0.25, -0.2) is 0 Å². The molecule has 0 saturated heterocycles. The van der Waals surface area contributed by atoms with Gasteiger partial charge in [-0.3, -0.25) is 4.79 Å². The molecule has 5 nitrogen and oxygen atoms in total. The average molecular weight is 252 g/mol. The average Bonchev–Trinajstić information content (AvgIpc) is 2.31. The summed E-state index contributed by atoms with van der Waals surface area (Å²) in [6, 6.07) is 4.51. The van der Waals surface area contributed by atoms with Crippen molar-refractivity contribution in [3.8, 4) is 11.5 Å². The molecule has 0 fully saturated rings. The molecule has 1 amide bonds. The quantitative estimate of drug-likeness (QED) is 0.696. The number of phenols is 1. The number of amides is 1. The van der Waals surface area contributed by atoms with Crippen LogP contribution >= 0.6 is 0 Å². The maximum atomic E-state index is 11.7. The van der Waals surface area contributed by atoms with Crippen molar-refractivity contribution < 1.29 is 14.6 Å². The number of hydrogen-bond donors (Lipinski definition) is 3. The lowest BCUT2D eigenvalue weighted by atomic mass is 10.0. The molecule has 4 N–H and O–H groups in total. The van der Waals surface area contributed by atoms with Crippen molar-refractivity contribution in [2.24, 2.45) is 11.7 Å². The van der Waals surface area contributed by atoms with Crippen LogP contribution in [0.4, 0.5) is 5.69 Å². The van der Waals surface area contributed by atoms with Crippen LogP contribution in [0.15, 0.2) is 18.2 Å². The Balaban J connectivity index is 2.65. The topological polar surface area (TPSA) is 84.6 Å². The number of phenolic OH excluding ortho intramolecular Hbond substituents is 1. The summed E-state index contributed by atoms with van der Waals surface area (Å²) in [6.07, 6.45) is 0.225. The number of ether oxygens (including phenoxy) is 1. The molecule has 1 unspecified atom stereocenters. The number of methoxy groups -OCH3 is 1. The van der Waals surface area contributed by atoms with Crippen LogP contribution in [0, 0.1) is 5.92 Å². The van der Waals surface area contributed by atoms with Crippen molar-refractivity contribution in [1.82, 2.24) is 0 Å². The lowest BCUT2D eigenvalue weighted by Gasteiger charge is -2.15. The number of hydrogen-bond acceptors (Lipinski definition) is 4. The molecular weight excluding hydrogens is 232 g/mol. The molecule has 1 rings (SSSR count). The Kier molecular flexibility index (Phi) is 4.97. The van der Waals surface area contributed by atoms with Crippen molar-refractivity contribution in [1.29, 1.82) is 0 Å². The van der Waals surface area contributed by atoms with Gasteiger partial charge in [0.15, 0.2) is 0 Å². The molecule has 0 bridgehead atoms. The van der Waals surface area contributed by atoms with Gasteiger partial charge in [0.2, 0.25) is 5.91 Å². The van der Waals surface area contributed by atoms with Crippen molar-refractivity contribution in [2.45, 2.75) is 26.3 Å². The van der Waals surface area contributed by atoms with E-state index in [1.807, 2.05) is 13.8 Å². The summed E-state index contributed by atoms with van der Waals surface area (Å²) in [5.74, 6) is 0.530. The van der Waals surface area contributed by atoms with Gasteiger partial charge >= 0.3 is 0 Å². The fourth-order valence-electron chi connectivity index (χ4n) is 1.40. The molecule has 0 saturated carbocycles. The van der Waals surface area contributed by atoms with Gasteiger partial charge in [-0.1, -0.05) is 13.8 Å². The first kappa shape index (κ1) is 14.3. The smallest absolute Gasteiger partial charge is 0.226 e. The van der Waals surface area contributed by atoms with Crippen LogP contribution in [0.1, 0.15) is 20.3 Å². The minimum Gasteiger partial charge on any atom is -0.506 e. The molecule has 0 aliphatic rings. The molecule has 1 aromatic rings. The highest BCUT2D eigenvalue weighted by Crippen LogP contribution is 2.27. The van der Waals surface area contributed by atoms with Gasteiger partial charge in [0, 0.05) is 18.5 Å². The van der Waals surface area contributed by atoms with E-state index in [0.29, 0.717) is 11.4 Å². The molecule has 0 spiro atoms. The predicted molar refractivity (Wildman–Crippen MR) is 70.7 cm³/mol. The maximum absolute atomic E-state index is 11.7. The molecule has 0 aromatic heterocycles. The first-order chi connectivity index (χ1) is 8.43. The van der Waals surface area contributed by atoms with Crippen molar-refractivity contribution in [3.05, 3.63) is 18.2 Å². The number of nitrogens with one attached hydrogen (secondary N) is 1. The molecule has 18 heavy (non-hydrogen) atoms. The third-order valence-electron chi connectivity index (χ3n) is 2.76. The van der Waals surface area contributed by atoms with E-state index in [4.69, 9.17) is 10.5 Å². The van der Waals surface area contributed by atoms with Crippen LogP contribution in [0.2, 0.25) is 0 Å². The Morgan fingerprint density at radius 1 is 1.50 bits per heavy atom. The summed E-state index contributed by atoms with van der Waals surface area (Å²) >= 11 is 0. The highest BCUT2D eigenvalue weighted by atomic mass is 16.5. The second-order valence-electron chi connectivity index (χ2n) is 4.54. The van der Waals surface area contributed by atoms with Gasteiger partial charge in [0.1, 0.15) is 11.5 Å². The summed E-state index contributed by atoms with van der Waals surface area (Å²) in [5.41, 5.74) is 6.17. The molecule has 5 heteroatoms. The zero-order valence-electron chi connectivity index (χ0n) is 10.9. The molecule has 100 valence electrons. The number of benzene rings is 1. The summed E-state index contributed by atoms with van der Waals surface area (Å²) in [5, 5.41) is 12.3. The predicted octanol–water partition coefficient (Wildman–Crippen LogP) is 1.71. The van der Waals surface area contributed by atoms with Crippen LogP contribution in [0.3, 0.4) is 0 Å². The van der Waals surface area contributed by atoms with Gasteiger partial charge in [0.05, 0.1) is 12.8 Å². The molecule has 0 radical (unpaired) electrons. The van der Waals surface area contributed by atoms with Crippen molar-refractivity contribution >= 4 is 11.6 Å². The number of rotatable bonds is 5. The fraction of sp³-hybridized carbons (Fsp3) is 0.462. The number of carbonyl (C=O) groups is 1. The van der Waals surface area contributed by atoms with Gasteiger partial charge in [0.25, 0.3) is 0 Å². The Bertz CT molecular complexity index is 419. The third-order valence-corrected chi connectivity index (χ3v) is 2.76. The van der Waals surface area contributed by atoms with Crippen molar-refractivity contribution in [2.75, 3.05) is 12.4 Å². The van der Waals surface area contributed by atoms with E-state index in [0.717, 1.165) is 0 Å². The van der Waals surface area contributed by atoms with E-state index in [9.17, 15) is 9.90 Å². The molecule has 1 aromatic carbocycles. The van der Waals surface area contributed by atoms with Crippen molar-refractivity contribution in [3.63, 3.8) is 0 Å². The molecule has 0 aliphatic carbocycles. The monoisotopic (exact) mass is 252 g/mol. The highest BCUT2D eigenvalue weighted by Gasteiger charge is 2.14. The van der Waals surface area contributed by atoms with Crippen LogP contribution in [0.25, 0.3) is 0 Å². The lowest BCUT2D eigenvalue weighted by Crippen LogP contribution is -2.31. The molecule has 0 aliphatic heterocycles. The second kappa shape index (κ2) is 6.26. The Morgan fingerprint density at radius 3 is 2.67 bits per heavy atom. The normalized spacial score (nSPS) is 12.3. The van der Waals surface area contributed by atoms with E-state index >= 15 is 0 Å². The first-order valence-electron chi connectivity index (χ1n) is 5.86. The van der Waals surface area contributed by atoms with E-state index in [2.05, 4.69) is 5.32 Å². The van der Waals surface area contributed by atoms with Crippen LogP contribution in [-0.2, 0) is 4.79 Å². The van der Waals surface area contributed by atoms with Crippen LogP contribution in [-0.4, -0.2) is 24.2 Å². The summed E-state index contributed by atoms with van der Waals surface area (Å²) in [7, 11) is 1.51. The number of nitrogens with two attached hydrogens (primary N) is 1. The fourth-order valence-corrected chi connectivity index (χ4v) is 1.40. The van der Waals surface area contributed by atoms with Gasteiger partial charge in [-0.2, -0.15) is 0 Å². The van der Waals surface area contributed by atoms with Gasteiger partial charge in [-0.15, -0.1) is 0 Å².